The van der Waals surface area contributed by atoms with Crippen molar-refractivity contribution in [1.29, 1.82) is 0 Å². The second-order valence-electron chi connectivity index (χ2n) is 4.90. The van der Waals surface area contributed by atoms with Crippen molar-refractivity contribution in [2.45, 2.75) is 58.5 Å². The van der Waals surface area contributed by atoms with E-state index in [-0.39, 0.29) is 23.9 Å². The highest BCUT2D eigenvalue weighted by atomic mass is 16.5. The zero-order valence-corrected chi connectivity index (χ0v) is 12.3. The lowest BCUT2D eigenvalue weighted by molar-refractivity contribution is -0.149. The summed E-state index contributed by atoms with van der Waals surface area (Å²) in [6, 6.07) is 0. The minimum Gasteiger partial charge on any atom is -0.462 e. The fraction of sp³-hybridized carbons (Fsp3) is 0.667. The third-order valence-corrected chi connectivity index (χ3v) is 3.37. The summed E-state index contributed by atoms with van der Waals surface area (Å²) >= 11 is 0. The van der Waals surface area contributed by atoms with Crippen molar-refractivity contribution in [3.8, 4) is 0 Å². The number of imide groups is 1. The standard InChI is InChI=1S/C15H23NO4/c1-3-12(4-2)20-15(19)8-6-5-7-11-16-13(17)9-10-14(16)18/h9-10,12H,3-8,11H2,1-2H3. The van der Waals surface area contributed by atoms with E-state index in [1.54, 1.807) is 0 Å². The second-order valence-corrected chi connectivity index (χ2v) is 4.90. The molecule has 0 atom stereocenters. The largest absolute Gasteiger partial charge is 0.462 e. The summed E-state index contributed by atoms with van der Waals surface area (Å²) in [5, 5.41) is 0. The first kappa shape index (κ1) is 16.4. The lowest BCUT2D eigenvalue weighted by Gasteiger charge is -2.14. The first-order valence-corrected chi connectivity index (χ1v) is 7.31. The number of unbranched alkanes of at least 4 members (excludes halogenated alkanes) is 2. The molecular weight excluding hydrogens is 258 g/mol. The maximum Gasteiger partial charge on any atom is 0.306 e. The molecule has 112 valence electrons. The van der Waals surface area contributed by atoms with Crippen molar-refractivity contribution >= 4 is 17.8 Å². The predicted octanol–water partition coefficient (Wildman–Crippen LogP) is 2.20. The van der Waals surface area contributed by atoms with Gasteiger partial charge in [0.05, 0.1) is 0 Å². The van der Waals surface area contributed by atoms with Gasteiger partial charge in [0, 0.05) is 25.1 Å². The molecule has 5 nitrogen and oxygen atoms in total. The van der Waals surface area contributed by atoms with Gasteiger partial charge in [0.1, 0.15) is 6.10 Å². The Labute approximate surface area is 120 Å². The van der Waals surface area contributed by atoms with Gasteiger partial charge < -0.3 is 4.74 Å². The van der Waals surface area contributed by atoms with Gasteiger partial charge in [-0.1, -0.05) is 20.3 Å². The van der Waals surface area contributed by atoms with Crippen molar-refractivity contribution in [1.82, 2.24) is 4.90 Å². The number of hydrogen-bond acceptors (Lipinski definition) is 4. The van der Waals surface area contributed by atoms with Gasteiger partial charge in [-0.25, -0.2) is 0 Å². The minimum absolute atomic E-state index is 0.0217. The van der Waals surface area contributed by atoms with Crippen LogP contribution in [0, 0.1) is 0 Å². The molecule has 0 radical (unpaired) electrons. The second kappa shape index (κ2) is 8.51. The lowest BCUT2D eigenvalue weighted by Crippen LogP contribution is -2.30. The summed E-state index contributed by atoms with van der Waals surface area (Å²) in [6.45, 7) is 4.42. The third-order valence-electron chi connectivity index (χ3n) is 3.37. The van der Waals surface area contributed by atoms with Crippen molar-refractivity contribution in [3.05, 3.63) is 12.2 Å². The average Bonchev–Trinajstić information content (AvgIpc) is 2.75. The highest BCUT2D eigenvalue weighted by Gasteiger charge is 2.22. The normalized spacial score (nSPS) is 14.4. The van der Waals surface area contributed by atoms with Gasteiger partial charge in [-0.2, -0.15) is 0 Å². The number of rotatable bonds is 9. The summed E-state index contributed by atoms with van der Waals surface area (Å²) in [7, 11) is 0. The van der Waals surface area contributed by atoms with E-state index >= 15 is 0 Å². The molecule has 0 fully saturated rings. The maximum absolute atomic E-state index is 11.5. The van der Waals surface area contributed by atoms with E-state index in [1.807, 2.05) is 13.8 Å². The molecule has 1 aliphatic heterocycles. The van der Waals surface area contributed by atoms with Gasteiger partial charge in [0.2, 0.25) is 0 Å². The molecule has 0 aliphatic carbocycles. The van der Waals surface area contributed by atoms with E-state index in [2.05, 4.69) is 0 Å². The molecule has 2 amide bonds. The van der Waals surface area contributed by atoms with Gasteiger partial charge in [-0.15, -0.1) is 0 Å². The number of esters is 1. The van der Waals surface area contributed by atoms with Gasteiger partial charge in [0.15, 0.2) is 0 Å². The molecule has 0 aromatic heterocycles. The van der Waals surface area contributed by atoms with Crippen LogP contribution < -0.4 is 0 Å². The van der Waals surface area contributed by atoms with Gasteiger partial charge >= 0.3 is 5.97 Å². The molecule has 1 aliphatic rings. The molecule has 0 spiro atoms. The molecule has 0 aromatic carbocycles. The van der Waals surface area contributed by atoms with Gasteiger partial charge in [-0.05, 0) is 25.7 Å². The molecular formula is C15H23NO4. The van der Waals surface area contributed by atoms with Gasteiger partial charge in [-0.3, -0.25) is 19.3 Å². The average molecular weight is 281 g/mol. The van der Waals surface area contributed by atoms with E-state index in [1.165, 1.54) is 17.1 Å². The molecule has 0 unspecified atom stereocenters. The summed E-state index contributed by atoms with van der Waals surface area (Å²) in [6.07, 6.45) is 6.92. The van der Waals surface area contributed by atoms with E-state index in [4.69, 9.17) is 4.74 Å². The van der Waals surface area contributed by atoms with Crippen molar-refractivity contribution < 1.29 is 19.1 Å². The van der Waals surface area contributed by atoms with E-state index in [0.717, 1.165) is 32.1 Å². The Bertz CT molecular complexity index is 367. The Balaban J connectivity index is 2.09. The van der Waals surface area contributed by atoms with Crippen LogP contribution in [0.5, 0.6) is 0 Å². The summed E-state index contributed by atoms with van der Waals surface area (Å²) < 4.78 is 5.30. The topological polar surface area (TPSA) is 63.7 Å². The molecule has 0 N–H and O–H groups in total. The Morgan fingerprint density at radius 3 is 2.25 bits per heavy atom. The van der Waals surface area contributed by atoms with Crippen LogP contribution in [0.25, 0.3) is 0 Å². The SMILES string of the molecule is CCC(CC)OC(=O)CCCCCN1C(=O)C=CC1=O. The quantitative estimate of drug-likeness (QED) is 0.369. The molecule has 1 rings (SSSR count). The van der Waals surface area contributed by atoms with Crippen molar-refractivity contribution in [3.63, 3.8) is 0 Å². The molecule has 5 heteroatoms. The van der Waals surface area contributed by atoms with E-state index in [9.17, 15) is 14.4 Å². The number of carbonyl (C=O) groups excluding carboxylic acids is 3. The zero-order valence-electron chi connectivity index (χ0n) is 12.3. The smallest absolute Gasteiger partial charge is 0.306 e. The first-order valence-electron chi connectivity index (χ1n) is 7.31. The molecule has 0 saturated heterocycles. The van der Waals surface area contributed by atoms with Crippen molar-refractivity contribution in [2.24, 2.45) is 0 Å². The molecule has 20 heavy (non-hydrogen) atoms. The molecule has 1 heterocycles. The predicted molar refractivity (Wildman–Crippen MR) is 74.8 cm³/mol. The van der Waals surface area contributed by atoms with Crippen LogP contribution >= 0.6 is 0 Å². The maximum atomic E-state index is 11.5. The Kier molecular flexibility index (Phi) is 6.98. The van der Waals surface area contributed by atoms with Crippen LogP contribution in [-0.4, -0.2) is 35.3 Å². The van der Waals surface area contributed by atoms with Crippen LogP contribution in [-0.2, 0) is 19.1 Å². The van der Waals surface area contributed by atoms with Crippen LogP contribution in [0.4, 0.5) is 0 Å². The minimum atomic E-state index is -0.247. The highest BCUT2D eigenvalue weighted by Crippen LogP contribution is 2.10. The Hall–Kier alpha value is -1.65. The van der Waals surface area contributed by atoms with Crippen LogP contribution in [0.2, 0.25) is 0 Å². The fourth-order valence-electron chi connectivity index (χ4n) is 2.07. The summed E-state index contributed by atoms with van der Waals surface area (Å²) in [5.74, 6) is -0.653. The number of hydrogen-bond donors (Lipinski definition) is 0. The molecule has 0 bridgehead atoms. The Morgan fingerprint density at radius 1 is 1.10 bits per heavy atom. The van der Waals surface area contributed by atoms with Gasteiger partial charge in [0.25, 0.3) is 11.8 Å². The van der Waals surface area contributed by atoms with Crippen LogP contribution in [0.1, 0.15) is 52.4 Å². The van der Waals surface area contributed by atoms with E-state index in [0.29, 0.717) is 13.0 Å². The van der Waals surface area contributed by atoms with E-state index < -0.39 is 0 Å². The lowest BCUT2D eigenvalue weighted by atomic mass is 10.2. The summed E-state index contributed by atoms with van der Waals surface area (Å²) in [4.78, 5) is 35.3. The Morgan fingerprint density at radius 2 is 1.70 bits per heavy atom. The number of amides is 2. The monoisotopic (exact) mass is 281 g/mol. The van der Waals surface area contributed by atoms with Crippen molar-refractivity contribution in [2.75, 3.05) is 6.54 Å². The number of carbonyl (C=O) groups is 3. The first-order chi connectivity index (χ1) is 9.58. The fourth-order valence-corrected chi connectivity index (χ4v) is 2.07. The highest BCUT2D eigenvalue weighted by molar-refractivity contribution is 6.12. The summed E-state index contributed by atoms with van der Waals surface area (Å²) in [5.41, 5.74) is 0. The zero-order chi connectivity index (χ0) is 15.0. The number of ether oxygens (including phenoxy) is 1. The third kappa shape index (κ3) is 5.15. The van der Waals surface area contributed by atoms with Crippen LogP contribution in [0.15, 0.2) is 12.2 Å². The van der Waals surface area contributed by atoms with Crippen LogP contribution in [0.3, 0.4) is 0 Å². The number of nitrogens with zero attached hydrogens (tertiary/aromatic N) is 1. The molecule has 0 saturated carbocycles. The molecule has 0 aromatic rings.